The van der Waals surface area contributed by atoms with E-state index >= 15 is 0 Å². The Morgan fingerprint density at radius 1 is 1.40 bits per heavy atom. The summed E-state index contributed by atoms with van der Waals surface area (Å²) in [6.07, 6.45) is 5.80. The summed E-state index contributed by atoms with van der Waals surface area (Å²) in [5.41, 5.74) is 6.93. The number of benzene rings is 1. The van der Waals surface area contributed by atoms with Crippen molar-refractivity contribution in [3.8, 4) is 11.5 Å². The molecule has 5 N–H and O–H groups in total. The van der Waals surface area contributed by atoms with Gasteiger partial charge in [0.05, 0.1) is 6.61 Å². The zero-order chi connectivity index (χ0) is 21.5. The van der Waals surface area contributed by atoms with Crippen molar-refractivity contribution in [2.75, 3.05) is 26.2 Å². The molecule has 1 fully saturated rings. The van der Waals surface area contributed by atoms with E-state index in [1.165, 1.54) is 6.07 Å². The fourth-order valence-corrected chi connectivity index (χ4v) is 3.40. The zero-order valence-corrected chi connectivity index (χ0v) is 16.8. The van der Waals surface area contributed by atoms with Crippen LogP contribution in [0.25, 0.3) is 0 Å². The van der Waals surface area contributed by atoms with Crippen LogP contribution in [-0.2, 0) is 6.42 Å². The Labute approximate surface area is 177 Å². The number of amides is 1. The van der Waals surface area contributed by atoms with E-state index < -0.39 is 0 Å². The molecule has 3 rings (SSSR count). The molecule has 156 valence electrons. The van der Waals surface area contributed by atoms with Crippen LogP contribution in [-0.4, -0.2) is 60.9 Å². The lowest BCUT2D eigenvalue weighted by Gasteiger charge is -2.32. The zero-order valence-electron chi connectivity index (χ0n) is 16.8. The third-order valence-electron chi connectivity index (χ3n) is 5.26. The van der Waals surface area contributed by atoms with Crippen molar-refractivity contribution >= 4 is 25.2 Å². The number of nitrogens with zero attached hydrogens (tertiary/aromatic N) is 2. The summed E-state index contributed by atoms with van der Waals surface area (Å²) in [5, 5.41) is 20.5. The van der Waals surface area contributed by atoms with Crippen LogP contribution in [0, 0.1) is 11.3 Å². The van der Waals surface area contributed by atoms with Crippen molar-refractivity contribution in [2.45, 2.75) is 19.3 Å². The number of aromatic hydroxyl groups is 1. The van der Waals surface area contributed by atoms with Crippen molar-refractivity contribution in [1.82, 2.24) is 15.2 Å². The van der Waals surface area contributed by atoms with Gasteiger partial charge in [-0.3, -0.25) is 15.2 Å². The number of phenolic OH excluding ortho intramolecular Hbond substituents is 1. The minimum Gasteiger partial charge on any atom is -0.508 e. The molecule has 1 aliphatic rings. The number of nitrogens with one attached hydrogen (secondary N) is 2. The second-order valence-corrected chi connectivity index (χ2v) is 7.39. The number of carbonyl (C=O) groups is 1. The SMILES string of the molecule is [B]c1c(O)cc(C(=O)NCC2CCN(C(=N)N)CC2)cc1OCCc1cccnc1. The summed E-state index contributed by atoms with van der Waals surface area (Å²) in [6.45, 7) is 2.29. The molecule has 0 saturated carbocycles. The van der Waals surface area contributed by atoms with E-state index in [0.29, 0.717) is 44.1 Å². The molecular weight excluding hydrogens is 381 g/mol. The Kier molecular flexibility index (Phi) is 7.16. The average molecular weight is 407 g/mol. The minimum atomic E-state index is -0.295. The van der Waals surface area contributed by atoms with Crippen molar-refractivity contribution in [1.29, 1.82) is 5.41 Å². The summed E-state index contributed by atoms with van der Waals surface area (Å²) in [6, 6.07) is 6.69. The van der Waals surface area contributed by atoms with E-state index in [9.17, 15) is 9.90 Å². The van der Waals surface area contributed by atoms with Gasteiger partial charge >= 0.3 is 0 Å². The van der Waals surface area contributed by atoms with Gasteiger partial charge in [0.25, 0.3) is 5.91 Å². The van der Waals surface area contributed by atoms with Crippen molar-refractivity contribution in [3.63, 3.8) is 0 Å². The number of carbonyl (C=O) groups excluding carboxylic acids is 1. The Balaban J connectivity index is 1.54. The van der Waals surface area contributed by atoms with Gasteiger partial charge in [-0.15, -0.1) is 0 Å². The van der Waals surface area contributed by atoms with Crippen LogP contribution in [0.4, 0.5) is 0 Å². The number of piperidine rings is 1. The number of guanidine groups is 1. The molecule has 30 heavy (non-hydrogen) atoms. The highest BCUT2D eigenvalue weighted by atomic mass is 16.5. The molecule has 0 bridgehead atoms. The molecule has 1 aromatic heterocycles. The van der Waals surface area contributed by atoms with Gasteiger partial charge in [0, 0.05) is 44.0 Å². The van der Waals surface area contributed by atoms with E-state index in [0.717, 1.165) is 18.4 Å². The normalized spacial score (nSPS) is 14.3. The Morgan fingerprint density at radius 3 is 2.83 bits per heavy atom. The summed E-state index contributed by atoms with van der Waals surface area (Å²) in [4.78, 5) is 18.5. The number of hydrogen-bond donors (Lipinski definition) is 4. The average Bonchev–Trinajstić information content (AvgIpc) is 2.75. The lowest BCUT2D eigenvalue weighted by atomic mass is 9.92. The highest BCUT2D eigenvalue weighted by Crippen LogP contribution is 2.20. The molecule has 0 unspecified atom stereocenters. The summed E-state index contributed by atoms with van der Waals surface area (Å²) in [7, 11) is 5.91. The van der Waals surface area contributed by atoms with Crippen molar-refractivity contribution in [3.05, 3.63) is 47.8 Å². The maximum atomic E-state index is 12.6. The predicted molar refractivity (Wildman–Crippen MR) is 115 cm³/mol. The van der Waals surface area contributed by atoms with Crippen LogP contribution in [0.3, 0.4) is 0 Å². The Hall–Kier alpha value is -3.23. The molecule has 0 spiro atoms. The fourth-order valence-electron chi connectivity index (χ4n) is 3.40. The van der Waals surface area contributed by atoms with E-state index in [-0.39, 0.29) is 28.8 Å². The van der Waals surface area contributed by atoms with Crippen LogP contribution in [0.2, 0.25) is 0 Å². The number of pyridine rings is 1. The molecule has 1 aliphatic heterocycles. The van der Waals surface area contributed by atoms with Gasteiger partial charge in [0.2, 0.25) is 0 Å². The summed E-state index contributed by atoms with van der Waals surface area (Å²) >= 11 is 0. The number of rotatable bonds is 7. The van der Waals surface area contributed by atoms with Gasteiger partial charge in [-0.05, 0) is 48.0 Å². The Bertz CT molecular complexity index is 886. The van der Waals surface area contributed by atoms with Gasteiger partial charge in [-0.25, -0.2) is 0 Å². The predicted octanol–water partition coefficient (Wildman–Crippen LogP) is 0.538. The van der Waals surface area contributed by atoms with Gasteiger partial charge in [0.1, 0.15) is 19.3 Å². The minimum absolute atomic E-state index is 0.0888. The molecule has 8 nitrogen and oxygen atoms in total. The largest absolute Gasteiger partial charge is 0.508 e. The molecule has 2 radical (unpaired) electrons. The van der Waals surface area contributed by atoms with E-state index in [1.54, 1.807) is 18.5 Å². The topological polar surface area (TPSA) is 125 Å². The first-order chi connectivity index (χ1) is 14.4. The number of likely N-dealkylation sites (tertiary alicyclic amines) is 1. The van der Waals surface area contributed by atoms with Gasteiger partial charge in [-0.1, -0.05) is 6.07 Å². The quantitative estimate of drug-likeness (QED) is 0.302. The molecule has 2 heterocycles. The monoisotopic (exact) mass is 407 g/mol. The van der Waals surface area contributed by atoms with Gasteiger partial charge < -0.3 is 25.8 Å². The molecule has 1 saturated heterocycles. The molecule has 0 atom stereocenters. The first-order valence-electron chi connectivity index (χ1n) is 9.95. The molecular formula is C21H26BN5O3. The number of ether oxygens (including phenoxy) is 1. The van der Waals surface area contributed by atoms with E-state index in [2.05, 4.69) is 10.3 Å². The van der Waals surface area contributed by atoms with Gasteiger partial charge in [0.15, 0.2) is 5.96 Å². The first kappa shape index (κ1) is 21.5. The van der Waals surface area contributed by atoms with Crippen molar-refractivity contribution in [2.24, 2.45) is 11.7 Å². The number of nitrogens with two attached hydrogens (primary N) is 1. The van der Waals surface area contributed by atoms with Gasteiger partial charge in [-0.2, -0.15) is 0 Å². The van der Waals surface area contributed by atoms with Crippen LogP contribution in [0.1, 0.15) is 28.8 Å². The third kappa shape index (κ3) is 5.65. The lowest BCUT2D eigenvalue weighted by Crippen LogP contribution is -2.44. The summed E-state index contributed by atoms with van der Waals surface area (Å²) < 4.78 is 5.71. The molecule has 9 heteroatoms. The smallest absolute Gasteiger partial charge is 0.251 e. The third-order valence-corrected chi connectivity index (χ3v) is 5.26. The molecule has 1 aromatic carbocycles. The molecule has 1 amide bonds. The fraction of sp³-hybridized carbons (Fsp3) is 0.381. The van der Waals surface area contributed by atoms with Crippen LogP contribution < -0.4 is 21.3 Å². The maximum Gasteiger partial charge on any atom is 0.251 e. The second kappa shape index (κ2) is 10.0. The Morgan fingerprint density at radius 2 is 2.17 bits per heavy atom. The molecule has 2 aromatic rings. The van der Waals surface area contributed by atoms with Crippen molar-refractivity contribution < 1.29 is 14.6 Å². The number of hydrogen-bond acceptors (Lipinski definition) is 5. The highest BCUT2D eigenvalue weighted by Gasteiger charge is 2.21. The van der Waals surface area contributed by atoms with Crippen LogP contribution in [0.5, 0.6) is 11.5 Å². The number of aromatic nitrogens is 1. The van der Waals surface area contributed by atoms with E-state index in [4.69, 9.17) is 23.7 Å². The maximum absolute atomic E-state index is 12.6. The lowest BCUT2D eigenvalue weighted by molar-refractivity contribution is 0.0940. The second-order valence-electron chi connectivity index (χ2n) is 7.39. The highest BCUT2D eigenvalue weighted by molar-refractivity contribution is 6.36. The summed E-state index contributed by atoms with van der Waals surface area (Å²) in [5.74, 6) is 0.206. The van der Waals surface area contributed by atoms with Crippen LogP contribution in [0.15, 0.2) is 36.7 Å². The van der Waals surface area contributed by atoms with Crippen LogP contribution >= 0.6 is 0 Å². The van der Waals surface area contributed by atoms with E-state index in [1.807, 2.05) is 17.0 Å². The molecule has 0 aliphatic carbocycles. The number of phenols is 1. The first-order valence-corrected chi connectivity index (χ1v) is 9.95. The standard InChI is InChI=1S/C21H26BN5O3/c22-19-17(28)10-16(11-18(19)30-9-5-14-2-1-6-25-12-14)20(29)26-13-15-3-7-27(8-4-15)21(23)24/h1-2,6,10-12,15,28H,3-5,7-9,13H2,(H3,23,24)(H,26,29).